The minimum atomic E-state index is 0.0258. The number of carbonyl (C=O) groups is 1. The van der Waals surface area contributed by atoms with Gasteiger partial charge in [-0.15, -0.1) is 0 Å². The van der Waals surface area contributed by atoms with Crippen LogP contribution in [-0.4, -0.2) is 11.9 Å². The highest BCUT2D eigenvalue weighted by molar-refractivity contribution is 14.1. The molecule has 1 fully saturated rings. The van der Waals surface area contributed by atoms with Crippen molar-refractivity contribution in [1.82, 2.24) is 5.32 Å². The molecule has 1 aliphatic rings. The van der Waals surface area contributed by atoms with E-state index in [4.69, 9.17) is 0 Å². The molecule has 1 aliphatic carbocycles. The molecular weight excluding hydrogens is 357 g/mol. The van der Waals surface area contributed by atoms with Crippen molar-refractivity contribution in [2.45, 2.75) is 18.9 Å². The van der Waals surface area contributed by atoms with Gasteiger partial charge >= 0.3 is 0 Å². The molecule has 0 unspecified atom stereocenters. The van der Waals surface area contributed by atoms with Gasteiger partial charge in [-0.25, -0.2) is 0 Å². The molecule has 2 nitrogen and oxygen atoms in total. The Morgan fingerprint density at radius 2 is 2.21 bits per heavy atom. The lowest BCUT2D eigenvalue weighted by Gasteiger charge is -2.06. The van der Waals surface area contributed by atoms with E-state index < -0.39 is 0 Å². The first kappa shape index (κ1) is 10.4. The number of hydrogen-bond acceptors (Lipinski definition) is 1. The Morgan fingerprint density at radius 3 is 2.86 bits per heavy atom. The zero-order chi connectivity index (χ0) is 10.1. The third kappa shape index (κ3) is 2.28. The van der Waals surface area contributed by atoms with E-state index in [1.807, 2.05) is 18.2 Å². The second-order valence-electron chi connectivity index (χ2n) is 3.35. The molecule has 1 amide bonds. The normalized spacial score (nSPS) is 15.3. The Bertz CT molecular complexity index is 376. The molecule has 1 aromatic rings. The summed E-state index contributed by atoms with van der Waals surface area (Å²) in [5, 5.41) is 2.97. The molecule has 1 N–H and O–H groups in total. The first-order valence-corrected chi connectivity index (χ1v) is 6.30. The van der Waals surface area contributed by atoms with Gasteiger partial charge in [-0.05, 0) is 63.5 Å². The summed E-state index contributed by atoms with van der Waals surface area (Å²) in [4.78, 5) is 11.7. The van der Waals surface area contributed by atoms with Crippen molar-refractivity contribution in [3.63, 3.8) is 0 Å². The number of amides is 1. The maximum Gasteiger partial charge on any atom is 0.252 e. The van der Waals surface area contributed by atoms with Crippen molar-refractivity contribution in [3.05, 3.63) is 31.8 Å². The van der Waals surface area contributed by atoms with Crippen molar-refractivity contribution >= 4 is 44.4 Å². The fraction of sp³-hybridized carbons (Fsp3) is 0.300. The summed E-state index contributed by atoms with van der Waals surface area (Å²) >= 11 is 5.63. The van der Waals surface area contributed by atoms with Crippen LogP contribution < -0.4 is 5.32 Å². The number of carbonyl (C=O) groups excluding carboxylic acids is 1. The summed E-state index contributed by atoms with van der Waals surface area (Å²) in [6.07, 6.45) is 2.24. The van der Waals surface area contributed by atoms with Crippen LogP contribution in [-0.2, 0) is 0 Å². The molecule has 0 spiro atoms. The van der Waals surface area contributed by atoms with Crippen molar-refractivity contribution in [2.24, 2.45) is 0 Å². The highest BCUT2D eigenvalue weighted by Gasteiger charge is 2.24. The summed E-state index contributed by atoms with van der Waals surface area (Å²) in [7, 11) is 0. The van der Waals surface area contributed by atoms with E-state index in [2.05, 4.69) is 43.8 Å². The number of nitrogens with one attached hydrogen (secondary N) is 1. The zero-order valence-electron chi connectivity index (χ0n) is 7.39. The van der Waals surface area contributed by atoms with Crippen molar-refractivity contribution in [3.8, 4) is 0 Å². The largest absolute Gasteiger partial charge is 0.349 e. The molecular formula is C10H9BrINO. The number of hydrogen-bond donors (Lipinski definition) is 1. The molecule has 0 radical (unpaired) electrons. The van der Waals surface area contributed by atoms with Crippen LogP contribution in [0.3, 0.4) is 0 Å². The van der Waals surface area contributed by atoms with Crippen LogP contribution in [0.4, 0.5) is 0 Å². The van der Waals surface area contributed by atoms with Crippen LogP contribution in [0.2, 0.25) is 0 Å². The molecule has 0 saturated heterocycles. The van der Waals surface area contributed by atoms with E-state index in [1.54, 1.807) is 0 Å². The third-order valence-electron chi connectivity index (χ3n) is 2.11. The Kier molecular flexibility index (Phi) is 3.11. The molecule has 0 atom stereocenters. The monoisotopic (exact) mass is 365 g/mol. The van der Waals surface area contributed by atoms with Gasteiger partial charge in [-0.3, -0.25) is 4.79 Å². The summed E-state index contributed by atoms with van der Waals surface area (Å²) in [5.41, 5.74) is 0.726. The minimum Gasteiger partial charge on any atom is -0.349 e. The molecule has 0 aliphatic heterocycles. The lowest BCUT2D eigenvalue weighted by atomic mass is 10.2. The van der Waals surface area contributed by atoms with Gasteiger partial charge in [0, 0.05) is 14.1 Å². The Hall–Kier alpha value is -0.100. The van der Waals surface area contributed by atoms with Crippen LogP contribution in [0.5, 0.6) is 0 Å². The first-order valence-electron chi connectivity index (χ1n) is 4.43. The highest BCUT2D eigenvalue weighted by Crippen LogP contribution is 2.25. The third-order valence-corrected chi connectivity index (χ3v) is 4.60. The van der Waals surface area contributed by atoms with E-state index in [-0.39, 0.29) is 5.91 Å². The molecule has 1 saturated carbocycles. The number of rotatable bonds is 2. The fourth-order valence-corrected chi connectivity index (χ4v) is 2.11. The van der Waals surface area contributed by atoms with Gasteiger partial charge in [-0.1, -0.05) is 6.07 Å². The van der Waals surface area contributed by atoms with E-state index in [1.165, 1.54) is 0 Å². The highest BCUT2D eigenvalue weighted by atomic mass is 127. The van der Waals surface area contributed by atoms with E-state index in [0.29, 0.717) is 6.04 Å². The average molecular weight is 366 g/mol. The number of halogens is 2. The molecule has 1 aromatic carbocycles. The summed E-state index contributed by atoms with van der Waals surface area (Å²) in [6, 6.07) is 6.11. The smallest absolute Gasteiger partial charge is 0.252 e. The van der Waals surface area contributed by atoms with Gasteiger partial charge in [0.25, 0.3) is 5.91 Å². The van der Waals surface area contributed by atoms with E-state index in [0.717, 1.165) is 26.4 Å². The van der Waals surface area contributed by atoms with Gasteiger partial charge in [-0.2, -0.15) is 0 Å². The maximum atomic E-state index is 11.7. The zero-order valence-corrected chi connectivity index (χ0v) is 11.1. The molecule has 0 aromatic heterocycles. The summed E-state index contributed by atoms with van der Waals surface area (Å²) in [6.45, 7) is 0. The minimum absolute atomic E-state index is 0.0258. The van der Waals surface area contributed by atoms with Crippen molar-refractivity contribution in [1.29, 1.82) is 0 Å². The summed E-state index contributed by atoms with van der Waals surface area (Å²) in [5.74, 6) is 0.0258. The summed E-state index contributed by atoms with van der Waals surface area (Å²) < 4.78 is 1.95. The topological polar surface area (TPSA) is 29.1 Å². The van der Waals surface area contributed by atoms with E-state index >= 15 is 0 Å². The lowest BCUT2D eigenvalue weighted by Crippen LogP contribution is -2.25. The second kappa shape index (κ2) is 4.18. The average Bonchev–Trinajstić information content (AvgIpc) is 2.93. The molecule has 0 bridgehead atoms. The van der Waals surface area contributed by atoms with Crippen LogP contribution in [0.15, 0.2) is 22.7 Å². The molecule has 0 heterocycles. The van der Waals surface area contributed by atoms with Gasteiger partial charge in [0.2, 0.25) is 0 Å². The first-order chi connectivity index (χ1) is 6.68. The van der Waals surface area contributed by atoms with Crippen molar-refractivity contribution in [2.75, 3.05) is 0 Å². The van der Waals surface area contributed by atoms with Crippen LogP contribution >= 0.6 is 38.5 Å². The van der Waals surface area contributed by atoms with Crippen LogP contribution in [0.25, 0.3) is 0 Å². The predicted molar refractivity (Wildman–Crippen MR) is 67.3 cm³/mol. The van der Waals surface area contributed by atoms with Gasteiger partial charge in [0.05, 0.1) is 5.56 Å². The van der Waals surface area contributed by atoms with Crippen LogP contribution in [0.1, 0.15) is 23.2 Å². The predicted octanol–water partition coefficient (Wildman–Crippen LogP) is 2.95. The van der Waals surface area contributed by atoms with E-state index in [9.17, 15) is 4.79 Å². The van der Waals surface area contributed by atoms with Gasteiger partial charge < -0.3 is 5.32 Å². The van der Waals surface area contributed by atoms with Gasteiger partial charge in [0.15, 0.2) is 0 Å². The Labute approximate surface area is 105 Å². The lowest BCUT2D eigenvalue weighted by molar-refractivity contribution is 0.0950. The molecule has 74 valence electrons. The Morgan fingerprint density at radius 1 is 1.50 bits per heavy atom. The Balaban J connectivity index is 2.21. The molecule has 4 heteroatoms. The van der Waals surface area contributed by atoms with Crippen molar-refractivity contribution < 1.29 is 4.79 Å². The fourth-order valence-electron chi connectivity index (χ4n) is 1.17. The number of benzene rings is 1. The van der Waals surface area contributed by atoms with Crippen LogP contribution in [0, 0.1) is 3.57 Å². The molecule has 2 rings (SSSR count). The molecule has 14 heavy (non-hydrogen) atoms. The maximum absolute atomic E-state index is 11.7. The standard InChI is InChI=1S/C10H9BrINO/c11-9-7(2-1-3-8(9)12)10(14)13-6-4-5-6/h1-3,6H,4-5H2,(H,13,14). The quantitative estimate of drug-likeness (QED) is 0.802. The van der Waals surface area contributed by atoms with Gasteiger partial charge in [0.1, 0.15) is 0 Å². The SMILES string of the molecule is O=C(NC1CC1)c1cccc(I)c1Br. The second-order valence-corrected chi connectivity index (χ2v) is 5.30.